The number of esters is 1. The zero-order valence-electron chi connectivity index (χ0n) is 13.0. The van der Waals surface area contributed by atoms with E-state index in [-0.39, 0.29) is 28.2 Å². The summed E-state index contributed by atoms with van der Waals surface area (Å²) in [4.78, 5) is 24.0. The zero-order valence-corrected chi connectivity index (χ0v) is 13.0. The molecule has 0 heterocycles. The third kappa shape index (κ3) is 3.36. The van der Waals surface area contributed by atoms with Crippen LogP contribution in [-0.2, 0) is 4.74 Å². The average Bonchev–Trinajstić information content (AvgIpc) is 2.61. The second-order valence-electron chi connectivity index (χ2n) is 4.63. The minimum atomic E-state index is -0.898. The number of aliphatic hydroxyl groups is 1. The Hall–Kier alpha value is -2.93. The Morgan fingerprint density at radius 2 is 1.58 bits per heavy atom. The largest absolute Gasteiger partial charge is 0.494 e. The molecule has 0 saturated heterocycles. The van der Waals surface area contributed by atoms with Crippen LogP contribution in [0.15, 0.2) is 36.4 Å². The predicted molar refractivity (Wildman–Crippen MR) is 81.9 cm³/mol. The number of hydrogen-bond donors (Lipinski definition) is 1. The van der Waals surface area contributed by atoms with E-state index in [9.17, 15) is 14.0 Å². The van der Waals surface area contributed by atoms with Crippen LogP contribution in [0.1, 0.15) is 26.3 Å². The van der Waals surface area contributed by atoms with Gasteiger partial charge in [0.2, 0.25) is 0 Å². The van der Waals surface area contributed by atoms with Crippen molar-refractivity contribution in [2.75, 3.05) is 21.0 Å². The standard InChI is InChI=1S/C17H15FO6/c1-22-13-8-7-12(24-9-19)14(15(13)18)16(20)10-3-5-11(6-4-10)17(21)23-2/h3-8,19H,9H2,1-2H3. The monoisotopic (exact) mass is 334 g/mol. The molecule has 0 aromatic heterocycles. The molecule has 0 radical (unpaired) electrons. The lowest BCUT2D eigenvalue weighted by Crippen LogP contribution is -2.10. The summed E-state index contributed by atoms with van der Waals surface area (Å²) in [5.41, 5.74) is 0.0267. The van der Waals surface area contributed by atoms with E-state index in [0.29, 0.717) is 0 Å². The summed E-state index contributed by atoms with van der Waals surface area (Å²) >= 11 is 0. The lowest BCUT2D eigenvalue weighted by atomic mass is 10.00. The number of rotatable bonds is 6. The summed E-state index contributed by atoms with van der Waals surface area (Å²) in [5, 5.41) is 8.90. The molecule has 6 nitrogen and oxygen atoms in total. The zero-order chi connectivity index (χ0) is 17.7. The molecule has 126 valence electrons. The van der Waals surface area contributed by atoms with Gasteiger partial charge in [-0.25, -0.2) is 9.18 Å². The van der Waals surface area contributed by atoms with Crippen LogP contribution in [0.3, 0.4) is 0 Å². The molecule has 0 aliphatic rings. The molecule has 0 aliphatic carbocycles. The molecule has 1 N–H and O–H groups in total. The molecule has 2 aromatic carbocycles. The van der Waals surface area contributed by atoms with Gasteiger partial charge in [-0.3, -0.25) is 4.79 Å². The van der Waals surface area contributed by atoms with Crippen LogP contribution in [0, 0.1) is 5.82 Å². The first-order valence-corrected chi connectivity index (χ1v) is 6.86. The fraction of sp³-hybridized carbons (Fsp3) is 0.176. The van der Waals surface area contributed by atoms with Crippen LogP contribution in [0.25, 0.3) is 0 Å². The first-order valence-electron chi connectivity index (χ1n) is 6.86. The van der Waals surface area contributed by atoms with Crippen LogP contribution >= 0.6 is 0 Å². The lowest BCUT2D eigenvalue weighted by molar-refractivity contribution is 0.0600. The summed E-state index contributed by atoms with van der Waals surface area (Å²) < 4.78 is 28.8. The van der Waals surface area contributed by atoms with Gasteiger partial charge in [0.05, 0.1) is 19.8 Å². The summed E-state index contributed by atoms with van der Waals surface area (Å²) in [5.74, 6) is -2.37. The minimum Gasteiger partial charge on any atom is -0.494 e. The van der Waals surface area contributed by atoms with E-state index in [0.717, 1.165) is 0 Å². The van der Waals surface area contributed by atoms with Crippen LogP contribution < -0.4 is 9.47 Å². The van der Waals surface area contributed by atoms with Crippen molar-refractivity contribution in [2.24, 2.45) is 0 Å². The molecule has 24 heavy (non-hydrogen) atoms. The molecule has 0 aliphatic heterocycles. The van der Waals surface area contributed by atoms with Crippen LogP contribution in [0.2, 0.25) is 0 Å². The quantitative estimate of drug-likeness (QED) is 0.495. The fourth-order valence-corrected chi connectivity index (χ4v) is 2.12. The Kier molecular flexibility index (Phi) is 5.49. The van der Waals surface area contributed by atoms with Gasteiger partial charge in [-0.2, -0.15) is 0 Å². The Balaban J connectivity index is 2.46. The number of ether oxygens (including phenoxy) is 3. The lowest BCUT2D eigenvalue weighted by Gasteiger charge is -2.12. The summed E-state index contributed by atoms with van der Waals surface area (Å²) in [6, 6.07) is 8.14. The highest BCUT2D eigenvalue weighted by Crippen LogP contribution is 2.31. The summed E-state index contributed by atoms with van der Waals surface area (Å²) in [6.45, 7) is -0.715. The molecule has 0 fully saturated rings. The van der Waals surface area contributed by atoms with Gasteiger partial charge in [0.15, 0.2) is 24.1 Å². The van der Waals surface area contributed by atoms with Crippen LogP contribution in [-0.4, -0.2) is 37.9 Å². The first kappa shape index (κ1) is 17.4. The maximum absolute atomic E-state index is 14.5. The van der Waals surface area contributed by atoms with E-state index in [2.05, 4.69) is 4.74 Å². The van der Waals surface area contributed by atoms with E-state index >= 15 is 0 Å². The Morgan fingerprint density at radius 1 is 1.00 bits per heavy atom. The van der Waals surface area contributed by atoms with Crippen molar-refractivity contribution in [3.8, 4) is 11.5 Å². The molecule has 2 aromatic rings. The van der Waals surface area contributed by atoms with Gasteiger partial charge >= 0.3 is 5.97 Å². The number of hydrogen-bond acceptors (Lipinski definition) is 6. The summed E-state index contributed by atoms with van der Waals surface area (Å²) in [7, 11) is 2.51. The number of carbonyl (C=O) groups is 2. The van der Waals surface area contributed by atoms with Gasteiger partial charge in [-0.15, -0.1) is 0 Å². The molecule has 0 atom stereocenters. The summed E-state index contributed by atoms with van der Waals surface area (Å²) in [6.07, 6.45) is 0. The Labute approximate surface area is 137 Å². The van der Waals surface area contributed by atoms with Gasteiger partial charge < -0.3 is 19.3 Å². The fourth-order valence-electron chi connectivity index (χ4n) is 2.12. The minimum absolute atomic E-state index is 0.113. The Bertz CT molecular complexity index is 754. The van der Waals surface area contributed by atoms with Crippen molar-refractivity contribution < 1.29 is 33.3 Å². The van der Waals surface area contributed by atoms with Crippen LogP contribution in [0.5, 0.6) is 11.5 Å². The molecule has 0 bridgehead atoms. The van der Waals surface area contributed by atoms with Crippen molar-refractivity contribution in [3.63, 3.8) is 0 Å². The number of ketones is 1. The highest BCUT2D eigenvalue weighted by Gasteiger charge is 2.23. The number of carbonyl (C=O) groups excluding carboxylic acids is 2. The van der Waals surface area contributed by atoms with E-state index in [1.54, 1.807) is 0 Å². The number of halogens is 1. The van der Waals surface area contributed by atoms with Gasteiger partial charge in [0.25, 0.3) is 0 Å². The normalized spacial score (nSPS) is 10.2. The number of benzene rings is 2. The SMILES string of the molecule is COC(=O)c1ccc(C(=O)c2c(OCO)ccc(OC)c2F)cc1. The molecule has 0 amide bonds. The van der Waals surface area contributed by atoms with Crippen molar-refractivity contribution in [3.05, 3.63) is 58.9 Å². The maximum Gasteiger partial charge on any atom is 0.337 e. The second kappa shape index (κ2) is 7.56. The number of aliphatic hydroxyl groups excluding tert-OH is 1. The van der Waals surface area contributed by atoms with Gasteiger partial charge in [-0.1, -0.05) is 12.1 Å². The highest BCUT2D eigenvalue weighted by molar-refractivity contribution is 6.11. The molecule has 0 saturated carbocycles. The van der Waals surface area contributed by atoms with Crippen molar-refractivity contribution in [1.82, 2.24) is 0 Å². The maximum atomic E-state index is 14.5. The third-order valence-corrected chi connectivity index (χ3v) is 3.30. The predicted octanol–water partition coefficient (Wildman–Crippen LogP) is 2.18. The molecular weight excluding hydrogens is 319 g/mol. The number of methoxy groups -OCH3 is 2. The van der Waals surface area contributed by atoms with Crippen LogP contribution in [0.4, 0.5) is 4.39 Å². The molecule has 2 rings (SSSR count). The average molecular weight is 334 g/mol. The van der Waals surface area contributed by atoms with E-state index in [1.165, 1.54) is 50.6 Å². The molecule has 0 spiro atoms. The smallest absolute Gasteiger partial charge is 0.337 e. The highest BCUT2D eigenvalue weighted by atomic mass is 19.1. The van der Waals surface area contributed by atoms with E-state index < -0.39 is 24.4 Å². The first-order chi connectivity index (χ1) is 11.5. The van der Waals surface area contributed by atoms with Gasteiger partial charge in [-0.05, 0) is 24.3 Å². The van der Waals surface area contributed by atoms with Crippen molar-refractivity contribution >= 4 is 11.8 Å². The second-order valence-corrected chi connectivity index (χ2v) is 4.63. The molecule has 0 unspecified atom stereocenters. The van der Waals surface area contributed by atoms with Gasteiger partial charge in [0, 0.05) is 5.56 Å². The molecular formula is C17H15FO6. The topological polar surface area (TPSA) is 82.1 Å². The molecule has 7 heteroatoms. The van der Waals surface area contributed by atoms with E-state index in [1.807, 2.05) is 0 Å². The van der Waals surface area contributed by atoms with Gasteiger partial charge in [0.1, 0.15) is 11.3 Å². The van der Waals surface area contributed by atoms with Crippen molar-refractivity contribution in [1.29, 1.82) is 0 Å². The Morgan fingerprint density at radius 3 is 2.12 bits per heavy atom. The van der Waals surface area contributed by atoms with Crippen molar-refractivity contribution in [2.45, 2.75) is 0 Å². The van der Waals surface area contributed by atoms with E-state index in [4.69, 9.17) is 14.6 Å². The third-order valence-electron chi connectivity index (χ3n) is 3.30.